The van der Waals surface area contributed by atoms with Gasteiger partial charge in [-0.05, 0) is 70.1 Å². The molecule has 6 heteroatoms. The normalized spacial score (nSPS) is 11.8. The number of hydrogen-bond donors (Lipinski definition) is 2. The van der Waals surface area contributed by atoms with Gasteiger partial charge in [-0.15, -0.1) is 24.8 Å². The minimum atomic E-state index is -0.440. The zero-order valence-electron chi connectivity index (χ0n) is 18.7. The lowest BCUT2D eigenvalue weighted by molar-refractivity contribution is 0.199. The monoisotopic (exact) mass is 458 g/mol. The molecule has 0 fully saturated rings. The Kier molecular flexibility index (Phi) is 16.1. The lowest BCUT2D eigenvalue weighted by Crippen LogP contribution is -2.29. The van der Waals surface area contributed by atoms with Crippen molar-refractivity contribution in [3.05, 3.63) is 47.7 Å². The van der Waals surface area contributed by atoms with Gasteiger partial charge >= 0.3 is 0 Å². The summed E-state index contributed by atoms with van der Waals surface area (Å²) >= 11 is 0. The maximum absolute atomic E-state index is 9.61. The van der Waals surface area contributed by atoms with Crippen molar-refractivity contribution in [2.75, 3.05) is 26.2 Å². The van der Waals surface area contributed by atoms with Crippen molar-refractivity contribution in [2.45, 2.75) is 65.5 Å². The van der Waals surface area contributed by atoms with Crippen LogP contribution in [0.1, 0.15) is 70.3 Å². The van der Waals surface area contributed by atoms with Crippen molar-refractivity contribution in [1.29, 1.82) is 0 Å². The topological polar surface area (TPSA) is 48.6 Å². The Bertz CT molecular complexity index is 651. The number of hydrogen-bond acceptors (Lipinski definition) is 4. The average Bonchev–Trinajstić information content (AvgIpc) is 3.18. The highest BCUT2D eigenvalue weighted by molar-refractivity contribution is 5.85. The summed E-state index contributed by atoms with van der Waals surface area (Å²) < 4.78 is 5.97. The largest absolute Gasteiger partial charge is 0.460 e. The SMILES string of the molecule is CCCCN(CCCC)CCCNCc1ccc(-c2ccc(C(C)O)cc2)o1.Cl.Cl. The van der Waals surface area contributed by atoms with Gasteiger partial charge in [-0.3, -0.25) is 0 Å². The molecule has 0 radical (unpaired) electrons. The molecule has 172 valence electrons. The quantitative estimate of drug-likeness (QED) is 0.329. The minimum Gasteiger partial charge on any atom is -0.460 e. The van der Waals surface area contributed by atoms with E-state index in [2.05, 4.69) is 24.1 Å². The summed E-state index contributed by atoms with van der Waals surface area (Å²) in [6.45, 7) is 11.7. The highest BCUT2D eigenvalue weighted by atomic mass is 35.5. The van der Waals surface area contributed by atoms with E-state index in [9.17, 15) is 5.11 Å². The first-order chi connectivity index (χ1) is 13.6. The Hall–Kier alpha value is -1.04. The van der Waals surface area contributed by atoms with E-state index in [0.29, 0.717) is 0 Å². The van der Waals surface area contributed by atoms with Gasteiger partial charge in [0.25, 0.3) is 0 Å². The molecule has 0 saturated carbocycles. The zero-order chi connectivity index (χ0) is 20.2. The fraction of sp³-hybridized carbons (Fsp3) is 0.583. The van der Waals surface area contributed by atoms with E-state index in [1.54, 1.807) is 6.92 Å². The summed E-state index contributed by atoms with van der Waals surface area (Å²) in [5.41, 5.74) is 1.96. The molecule has 0 saturated heterocycles. The number of halogens is 2. The molecule has 1 atom stereocenters. The Balaban J connectivity index is 0.00000420. The third kappa shape index (κ3) is 10.3. The highest BCUT2D eigenvalue weighted by Crippen LogP contribution is 2.24. The Morgan fingerprint density at radius 3 is 2.07 bits per heavy atom. The molecule has 1 aromatic heterocycles. The van der Waals surface area contributed by atoms with Gasteiger partial charge in [-0.2, -0.15) is 0 Å². The first-order valence-electron chi connectivity index (χ1n) is 10.9. The maximum atomic E-state index is 9.61. The van der Waals surface area contributed by atoms with Crippen LogP contribution >= 0.6 is 24.8 Å². The summed E-state index contributed by atoms with van der Waals surface area (Å²) in [7, 11) is 0. The molecule has 1 aromatic carbocycles. The number of unbranched alkanes of at least 4 members (excludes halogenated alkanes) is 2. The number of aliphatic hydroxyl groups is 1. The standard InChI is InChI=1S/C24H38N2O2.2ClH/c1-4-6-16-26(17-7-5-2)18-8-15-25-19-23-13-14-24(28-23)22-11-9-21(10-12-22)20(3)27;;/h9-14,20,25,27H,4-8,15-19H2,1-3H3;2*1H. The van der Waals surface area contributed by atoms with Gasteiger partial charge in [0.1, 0.15) is 11.5 Å². The highest BCUT2D eigenvalue weighted by Gasteiger charge is 2.07. The van der Waals surface area contributed by atoms with Crippen LogP contribution in [0.3, 0.4) is 0 Å². The van der Waals surface area contributed by atoms with Gasteiger partial charge in [0, 0.05) is 5.56 Å². The summed E-state index contributed by atoms with van der Waals surface area (Å²) in [4.78, 5) is 2.61. The Morgan fingerprint density at radius 2 is 1.50 bits per heavy atom. The Labute approximate surface area is 195 Å². The van der Waals surface area contributed by atoms with Gasteiger partial charge in [0.2, 0.25) is 0 Å². The van der Waals surface area contributed by atoms with Crippen molar-refractivity contribution >= 4 is 24.8 Å². The van der Waals surface area contributed by atoms with Gasteiger partial charge < -0.3 is 19.7 Å². The van der Waals surface area contributed by atoms with E-state index in [1.807, 2.05) is 36.4 Å². The summed E-state index contributed by atoms with van der Waals surface area (Å²) in [5, 5.41) is 13.1. The van der Waals surface area contributed by atoms with Crippen LogP contribution in [0.5, 0.6) is 0 Å². The van der Waals surface area contributed by atoms with E-state index in [4.69, 9.17) is 4.42 Å². The van der Waals surface area contributed by atoms with Crippen molar-refractivity contribution in [1.82, 2.24) is 10.2 Å². The van der Waals surface area contributed by atoms with E-state index in [-0.39, 0.29) is 24.8 Å². The zero-order valence-corrected chi connectivity index (χ0v) is 20.4. The number of rotatable bonds is 14. The number of aliphatic hydroxyl groups excluding tert-OH is 1. The third-order valence-corrected chi connectivity index (χ3v) is 5.12. The molecular weight excluding hydrogens is 419 g/mol. The van der Waals surface area contributed by atoms with Crippen LogP contribution < -0.4 is 5.32 Å². The number of nitrogens with one attached hydrogen (secondary N) is 1. The van der Waals surface area contributed by atoms with E-state index in [0.717, 1.165) is 35.7 Å². The average molecular weight is 460 g/mol. The van der Waals surface area contributed by atoms with Gasteiger partial charge in [-0.25, -0.2) is 0 Å². The number of furan rings is 1. The van der Waals surface area contributed by atoms with E-state index in [1.165, 1.54) is 51.7 Å². The molecule has 1 unspecified atom stereocenters. The molecule has 0 aliphatic carbocycles. The molecule has 2 rings (SSSR count). The molecule has 30 heavy (non-hydrogen) atoms. The molecule has 0 bridgehead atoms. The molecule has 1 heterocycles. The summed E-state index contributed by atoms with van der Waals surface area (Å²) in [5.74, 6) is 1.84. The smallest absolute Gasteiger partial charge is 0.134 e. The van der Waals surface area contributed by atoms with Gasteiger partial charge in [-0.1, -0.05) is 51.0 Å². The lowest BCUT2D eigenvalue weighted by atomic mass is 10.1. The third-order valence-electron chi connectivity index (χ3n) is 5.12. The van der Waals surface area contributed by atoms with Gasteiger partial charge in [0.05, 0.1) is 12.6 Å². The van der Waals surface area contributed by atoms with Crippen molar-refractivity contribution in [2.24, 2.45) is 0 Å². The molecule has 2 aromatic rings. The molecule has 0 aliphatic rings. The predicted molar refractivity (Wildman–Crippen MR) is 132 cm³/mol. The van der Waals surface area contributed by atoms with Crippen LogP contribution in [0.2, 0.25) is 0 Å². The van der Waals surface area contributed by atoms with Crippen LogP contribution in [-0.2, 0) is 6.54 Å². The van der Waals surface area contributed by atoms with Crippen LogP contribution in [-0.4, -0.2) is 36.2 Å². The van der Waals surface area contributed by atoms with Crippen LogP contribution in [0.4, 0.5) is 0 Å². The second-order valence-electron chi connectivity index (χ2n) is 7.64. The van der Waals surface area contributed by atoms with Crippen molar-refractivity contribution in [3.8, 4) is 11.3 Å². The van der Waals surface area contributed by atoms with Crippen LogP contribution in [0, 0.1) is 0 Å². The Morgan fingerprint density at radius 1 is 0.900 bits per heavy atom. The summed E-state index contributed by atoms with van der Waals surface area (Å²) in [6, 6.07) is 12.0. The molecular formula is C24H40Cl2N2O2. The van der Waals surface area contributed by atoms with Crippen LogP contribution in [0.25, 0.3) is 11.3 Å². The molecule has 2 N–H and O–H groups in total. The van der Waals surface area contributed by atoms with Gasteiger partial charge in [0.15, 0.2) is 0 Å². The van der Waals surface area contributed by atoms with Crippen molar-refractivity contribution in [3.63, 3.8) is 0 Å². The number of benzene rings is 1. The fourth-order valence-corrected chi connectivity index (χ4v) is 3.29. The summed E-state index contributed by atoms with van der Waals surface area (Å²) in [6.07, 6.45) is 5.86. The molecule has 4 nitrogen and oxygen atoms in total. The first kappa shape index (κ1) is 29.0. The minimum absolute atomic E-state index is 0. The second kappa shape index (κ2) is 16.6. The van der Waals surface area contributed by atoms with Crippen molar-refractivity contribution < 1.29 is 9.52 Å². The molecule has 0 spiro atoms. The fourth-order valence-electron chi connectivity index (χ4n) is 3.29. The first-order valence-corrected chi connectivity index (χ1v) is 10.9. The molecule has 0 aliphatic heterocycles. The van der Waals surface area contributed by atoms with E-state index >= 15 is 0 Å². The van der Waals surface area contributed by atoms with E-state index < -0.39 is 6.10 Å². The maximum Gasteiger partial charge on any atom is 0.134 e. The molecule has 0 amide bonds. The van der Waals surface area contributed by atoms with Crippen LogP contribution in [0.15, 0.2) is 40.8 Å². The second-order valence-corrected chi connectivity index (χ2v) is 7.64. The lowest BCUT2D eigenvalue weighted by Gasteiger charge is -2.21. The number of nitrogens with zero attached hydrogens (tertiary/aromatic N) is 1. The predicted octanol–water partition coefficient (Wildman–Crippen LogP) is 6.23.